The molecule has 5 heterocycles. The van der Waals surface area contributed by atoms with Crippen LogP contribution in [0.1, 0.15) is 54.5 Å². The molecular formula is C43H50F3N7O6. The molecule has 5 N–H and O–H groups in total. The summed E-state index contributed by atoms with van der Waals surface area (Å²) in [7, 11) is 0. The number of anilines is 2. The third-order valence-corrected chi connectivity index (χ3v) is 11.5. The molecule has 314 valence electrons. The average Bonchev–Trinajstić information content (AvgIpc) is 3.97. The molecule has 0 radical (unpaired) electrons. The van der Waals surface area contributed by atoms with Crippen LogP contribution in [0.4, 0.5) is 24.9 Å². The number of carboxylic acid groups (broad SMARTS) is 1. The molecular weight excluding hydrogens is 768 g/mol. The van der Waals surface area contributed by atoms with Crippen molar-refractivity contribution in [2.75, 3.05) is 49.5 Å². The van der Waals surface area contributed by atoms with E-state index in [1.807, 2.05) is 12.1 Å². The number of fused-ring (bicyclic) bond motifs is 1. The number of aliphatic carboxylic acids is 1. The van der Waals surface area contributed by atoms with Gasteiger partial charge < -0.3 is 40.3 Å². The number of aromatic nitrogens is 4. The summed E-state index contributed by atoms with van der Waals surface area (Å²) >= 11 is 0. The predicted molar refractivity (Wildman–Crippen MR) is 215 cm³/mol. The number of alkyl halides is 3. The van der Waals surface area contributed by atoms with Gasteiger partial charge in [0.15, 0.2) is 23.2 Å². The van der Waals surface area contributed by atoms with E-state index in [4.69, 9.17) is 29.6 Å². The number of nitrogens with zero attached hydrogens (tertiary/aromatic N) is 6. The molecule has 59 heavy (non-hydrogen) atoms. The van der Waals surface area contributed by atoms with Crippen molar-refractivity contribution in [2.24, 2.45) is 5.92 Å². The van der Waals surface area contributed by atoms with E-state index in [1.54, 1.807) is 10.9 Å². The molecule has 3 saturated heterocycles. The van der Waals surface area contributed by atoms with Crippen LogP contribution in [0, 0.1) is 5.92 Å². The summed E-state index contributed by atoms with van der Waals surface area (Å²) in [5.41, 5.74) is 4.87. The van der Waals surface area contributed by atoms with Gasteiger partial charge in [0.2, 0.25) is 5.95 Å². The lowest BCUT2D eigenvalue weighted by atomic mass is 9.90. The minimum atomic E-state index is -5.08. The van der Waals surface area contributed by atoms with Crippen molar-refractivity contribution in [1.82, 2.24) is 24.4 Å². The summed E-state index contributed by atoms with van der Waals surface area (Å²) in [6, 6.07) is 32.0. The third-order valence-electron chi connectivity index (χ3n) is 11.5. The summed E-state index contributed by atoms with van der Waals surface area (Å²) in [4.78, 5) is 28.8. The van der Waals surface area contributed by atoms with Gasteiger partial charge in [0.25, 0.3) is 0 Å². The number of piperidine rings is 1. The van der Waals surface area contributed by atoms with Crippen molar-refractivity contribution in [2.45, 2.75) is 74.8 Å². The molecule has 0 saturated carbocycles. The Morgan fingerprint density at radius 3 is 2.05 bits per heavy atom. The van der Waals surface area contributed by atoms with Crippen LogP contribution in [-0.4, -0.2) is 121 Å². The molecule has 5 atom stereocenters. The Morgan fingerprint density at radius 2 is 1.47 bits per heavy atom. The fraction of sp³-hybridized carbons (Fsp3) is 0.442. The molecule has 3 aromatic carbocycles. The van der Waals surface area contributed by atoms with Gasteiger partial charge >= 0.3 is 12.1 Å². The second-order valence-corrected chi connectivity index (χ2v) is 15.4. The molecule has 8 rings (SSSR count). The van der Waals surface area contributed by atoms with E-state index in [1.165, 1.54) is 29.5 Å². The highest BCUT2D eigenvalue weighted by Crippen LogP contribution is 2.35. The standard InChI is InChI=1S/C41H49N7O4.C2HF3O2/c49-26-34-36(50)37(51)40(52-34)48-27-43-35-38(42-24-33(30-13-6-2-7-14-30)31-15-8-3-9-16-31)44-41(45-39(35)48)47-20-10-17-32(47)25-46-21-18-29(19-22-46)23-28-11-4-1-5-12-28;3-2(4,5)1(6)7/h1-9,11-16,27,29,32-34,36-37,40,49-51H,10,17-26H2,(H,42,44,45);(H,6,7)/t32-,34-,36-,37-,40-;/m1./s1. The number of hydrogen-bond acceptors (Lipinski definition) is 11. The zero-order valence-electron chi connectivity index (χ0n) is 32.5. The Hall–Kier alpha value is -5.13. The van der Waals surface area contributed by atoms with Crippen molar-refractivity contribution in [3.63, 3.8) is 0 Å². The molecule has 0 spiro atoms. The zero-order valence-corrected chi connectivity index (χ0v) is 32.5. The first-order chi connectivity index (χ1) is 28.5. The molecule has 0 unspecified atom stereocenters. The lowest BCUT2D eigenvalue weighted by Crippen LogP contribution is -2.44. The molecule has 3 aliphatic heterocycles. The maximum Gasteiger partial charge on any atom is 0.490 e. The van der Waals surface area contributed by atoms with Crippen molar-refractivity contribution < 1.29 is 43.1 Å². The fourth-order valence-corrected chi connectivity index (χ4v) is 8.36. The van der Waals surface area contributed by atoms with Crippen LogP contribution in [0.3, 0.4) is 0 Å². The Kier molecular flexibility index (Phi) is 13.4. The largest absolute Gasteiger partial charge is 0.490 e. The highest BCUT2D eigenvalue weighted by molar-refractivity contribution is 5.84. The number of likely N-dealkylation sites (tertiary alicyclic amines) is 1. The molecule has 5 aromatic rings. The quantitative estimate of drug-likeness (QED) is 0.111. The van der Waals surface area contributed by atoms with Gasteiger partial charge in [0.1, 0.15) is 18.3 Å². The number of ether oxygens (including phenoxy) is 1. The van der Waals surface area contributed by atoms with Crippen LogP contribution in [0.5, 0.6) is 0 Å². The maximum atomic E-state index is 11.0. The monoisotopic (exact) mass is 817 g/mol. The summed E-state index contributed by atoms with van der Waals surface area (Å²) in [6.07, 6.45) is -2.19. The number of carbonyl (C=O) groups is 1. The number of benzene rings is 3. The Morgan fingerprint density at radius 1 is 0.864 bits per heavy atom. The molecule has 0 amide bonds. The number of rotatable bonds is 12. The third kappa shape index (κ3) is 10.0. The normalized spacial score (nSPS) is 22.8. The number of hydrogen-bond donors (Lipinski definition) is 5. The lowest BCUT2D eigenvalue weighted by molar-refractivity contribution is -0.192. The Labute approximate surface area is 340 Å². The van der Waals surface area contributed by atoms with E-state index in [0.717, 1.165) is 45.4 Å². The van der Waals surface area contributed by atoms with E-state index in [-0.39, 0.29) is 12.0 Å². The van der Waals surface area contributed by atoms with E-state index in [2.05, 4.69) is 94.0 Å². The average molecular weight is 818 g/mol. The SMILES string of the molecule is O=C(O)C(F)(F)F.OC[C@H]1O[C@@H](n2cnc3c(NCC(c4ccccc4)c4ccccc4)nc(N4CCC[C@@H]4CN4CCC(Cc5ccccc5)CC4)nc32)[C@H](O)[C@@H]1O. The number of imidazole rings is 1. The summed E-state index contributed by atoms with van der Waals surface area (Å²) in [5.74, 6) is -0.767. The van der Waals surface area contributed by atoms with Crippen LogP contribution in [0.15, 0.2) is 97.3 Å². The molecule has 0 bridgehead atoms. The first-order valence-electron chi connectivity index (χ1n) is 20.0. The molecule has 16 heteroatoms. The van der Waals surface area contributed by atoms with Gasteiger partial charge in [-0.05, 0) is 67.8 Å². The molecule has 0 aliphatic carbocycles. The second kappa shape index (κ2) is 18.8. The summed E-state index contributed by atoms with van der Waals surface area (Å²) in [5, 5.41) is 42.2. The van der Waals surface area contributed by atoms with E-state index >= 15 is 0 Å². The molecule has 2 aromatic heterocycles. The summed E-state index contributed by atoms with van der Waals surface area (Å²) in [6.45, 7) is 4.15. The number of halogens is 3. The van der Waals surface area contributed by atoms with Gasteiger partial charge in [-0.2, -0.15) is 23.1 Å². The topological polar surface area (TPSA) is 169 Å². The fourth-order valence-electron chi connectivity index (χ4n) is 8.36. The van der Waals surface area contributed by atoms with Crippen LogP contribution < -0.4 is 10.2 Å². The van der Waals surface area contributed by atoms with Gasteiger partial charge in [-0.3, -0.25) is 4.57 Å². The second-order valence-electron chi connectivity index (χ2n) is 15.4. The lowest BCUT2D eigenvalue weighted by Gasteiger charge is -2.36. The van der Waals surface area contributed by atoms with Crippen molar-refractivity contribution >= 4 is 28.9 Å². The van der Waals surface area contributed by atoms with Crippen molar-refractivity contribution in [1.29, 1.82) is 0 Å². The van der Waals surface area contributed by atoms with Crippen molar-refractivity contribution in [3.8, 4) is 0 Å². The number of nitrogens with one attached hydrogen (secondary N) is 1. The van der Waals surface area contributed by atoms with Gasteiger partial charge in [-0.1, -0.05) is 91.0 Å². The summed E-state index contributed by atoms with van der Waals surface area (Å²) < 4.78 is 39.4. The van der Waals surface area contributed by atoms with E-state index < -0.39 is 43.3 Å². The van der Waals surface area contributed by atoms with Crippen LogP contribution >= 0.6 is 0 Å². The molecule has 3 fully saturated rings. The minimum absolute atomic E-state index is 0.0581. The smallest absolute Gasteiger partial charge is 0.475 e. The predicted octanol–water partition coefficient (Wildman–Crippen LogP) is 5.24. The van der Waals surface area contributed by atoms with E-state index in [0.29, 0.717) is 35.4 Å². The van der Waals surface area contributed by atoms with Crippen LogP contribution in [0.2, 0.25) is 0 Å². The number of aliphatic hydroxyl groups excluding tert-OH is 3. The highest BCUT2D eigenvalue weighted by atomic mass is 19.4. The van der Waals surface area contributed by atoms with Gasteiger partial charge in [0.05, 0.1) is 12.9 Å². The minimum Gasteiger partial charge on any atom is -0.475 e. The number of carboxylic acids is 1. The first-order valence-corrected chi connectivity index (χ1v) is 20.0. The van der Waals surface area contributed by atoms with Crippen molar-refractivity contribution in [3.05, 3.63) is 114 Å². The van der Waals surface area contributed by atoms with Gasteiger partial charge in [-0.15, -0.1) is 0 Å². The van der Waals surface area contributed by atoms with Gasteiger partial charge in [0, 0.05) is 31.6 Å². The van der Waals surface area contributed by atoms with Crippen LogP contribution in [0.25, 0.3) is 11.2 Å². The molecule has 13 nitrogen and oxygen atoms in total. The number of aliphatic hydroxyl groups is 3. The molecule has 3 aliphatic rings. The Bertz CT molecular complexity index is 2070. The zero-order chi connectivity index (χ0) is 41.5. The maximum absolute atomic E-state index is 11.0. The highest BCUT2D eigenvalue weighted by Gasteiger charge is 2.44. The van der Waals surface area contributed by atoms with Crippen LogP contribution in [-0.2, 0) is 16.0 Å². The Balaban J connectivity index is 0.000000694. The first kappa shape index (κ1) is 42.0. The van der Waals surface area contributed by atoms with Gasteiger partial charge in [-0.25, -0.2) is 9.78 Å². The van der Waals surface area contributed by atoms with E-state index in [9.17, 15) is 28.5 Å².